The number of carbonyl (C=O) groups is 2. The Bertz CT molecular complexity index is 661. The molecular formula is C18H23N3O2. The third-order valence-corrected chi connectivity index (χ3v) is 4.77. The van der Waals surface area contributed by atoms with Gasteiger partial charge in [-0.1, -0.05) is 11.6 Å². The molecule has 1 aliphatic heterocycles. The highest BCUT2D eigenvalue weighted by atomic mass is 16.2. The Balaban J connectivity index is 1.75. The van der Waals surface area contributed by atoms with E-state index in [2.05, 4.69) is 23.0 Å². The van der Waals surface area contributed by atoms with Gasteiger partial charge in [0, 0.05) is 23.7 Å². The summed E-state index contributed by atoms with van der Waals surface area (Å²) in [5.41, 5.74) is 2.97. The molecule has 1 aromatic heterocycles. The third kappa shape index (κ3) is 3.33. The quantitative estimate of drug-likeness (QED) is 0.635. The van der Waals surface area contributed by atoms with Crippen molar-refractivity contribution in [3.63, 3.8) is 0 Å². The molecule has 5 nitrogen and oxygen atoms in total. The maximum Gasteiger partial charge on any atom is 0.239 e. The van der Waals surface area contributed by atoms with Crippen LogP contribution in [0.5, 0.6) is 0 Å². The Morgan fingerprint density at radius 2 is 1.87 bits per heavy atom. The summed E-state index contributed by atoms with van der Waals surface area (Å²) in [6, 6.07) is 1.84. The van der Waals surface area contributed by atoms with E-state index in [4.69, 9.17) is 0 Å². The summed E-state index contributed by atoms with van der Waals surface area (Å²) in [5.74, 6) is 0.211. The fourth-order valence-corrected chi connectivity index (χ4v) is 3.53. The number of imide groups is 1. The van der Waals surface area contributed by atoms with E-state index >= 15 is 0 Å². The second-order valence-electron chi connectivity index (χ2n) is 6.85. The molecule has 122 valence electrons. The molecule has 0 spiro atoms. The van der Waals surface area contributed by atoms with Gasteiger partial charge in [-0.25, -0.2) is 14.9 Å². The molecule has 2 unspecified atom stereocenters. The number of hydrogen-bond acceptors (Lipinski definition) is 4. The Kier molecular flexibility index (Phi) is 4.28. The number of hydrogen-bond donors (Lipinski definition) is 0. The van der Waals surface area contributed by atoms with Crippen LogP contribution in [-0.4, -0.2) is 21.8 Å². The normalized spacial score (nSPS) is 25.0. The molecule has 2 heterocycles. The van der Waals surface area contributed by atoms with Crippen molar-refractivity contribution in [2.24, 2.45) is 11.8 Å². The van der Waals surface area contributed by atoms with Crippen LogP contribution in [0.25, 0.3) is 0 Å². The third-order valence-electron chi connectivity index (χ3n) is 4.77. The minimum absolute atomic E-state index is 0.133. The molecular weight excluding hydrogens is 290 g/mol. The highest BCUT2D eigenvalue weighted by Gasteiger charge is 2.41. The number of allylic oxidation sites excluding steroid dienone is 2. The van der Waals surface area contributed by atoms with Crippen molar-refractivity contribution in [2.75, 3.05) is 4.90 Å². The summed E-state index contributed by atoms with van der Waals surface area (Å²) in [5, 5.41) is 0. The highest BCUT2D eigenvalue weighted by molar-refractivity contribution is 6.19. The van der Waals surface area contributed by atoms with Crippen LogP contribution in [0.4, 0.5) is 5.95 Å². The zero-order valence-corrected chi connectivity index (χ0v) is 14.0. The van der Waals surface area contributed by atoms with Gasteiger partial charge in [0.25, 0.3) is 0 Å². The molecule has 0 N–H and O–H groups in total. The predicted molar refractivity (Wildman–Crippen MR) is 87.8 cm³/mol. The molecule has 2 atom stereocenters. The molecule has 0 radical (unpaired) electrons. The lowest BCUT2D eigenvalue weighted by atomic mass is 9.83. The Morgan fingerprint density at radius 3 is 2.48 bits per heavy atom. The summed E-state index contributed by atoms with van der Waals surface area (Å²) < 4.78 is 0. The monoisotopic (exact) mass is 313 g/mol. The fraction of sp³-hybridized carbons (Fsp3) is 0.556. The van der Waals surface area contributed by atoms with Crippen molar-refractivity contribution in [3.05, 3.63) is 29.1 Å². The van der Waals surface area contributed by atoms with Crippen molar-refractivity contribution in [1.29, 1.82) is 0 Å². The number of aryl methyl sites for hydroxylation is 2. The standard InChI is InChI=1S/C18H23N3O2/c1-11-4-6-14(7-5-11)9-15-10-16(22)21(17(15)23)18-19-12(2)8-13(3)20-18/h4,8,14-15H,5-7,9-10H2,1-3H3. The van der Waals surface area contributed by atoms with Gasteiger partial charge in [-0.2, -0.15) is 0 Å². The average Bonchev–Trinajstić information content (AvgIpc) is 2.75. The average molecular weight is 313 g/mol. The zero-order valence-electron chi connectivity index (χ0n) is 14.0. The van der Waals surface area contributed by atoms with Gasteiger partial charge in [0.05, 0.1) is 0 Å². The van der Waals surface area contributed by atoms with E-state index in [0.29, 0.717) is 5.92 Å². The largest absolute Gasteiger partial charge is 0.274 e. The lowest BCUT2D eigenvalue weighted by Gasteiger charge is -2.22. The fourth-order valence-electron chi connectivity index (χ4n) is 3.53. The number of aromatic nitrogens is 2. The number of anilines is 1. The van der Waals surface area contributed by atoms with Crippen LogP contribution in [-0.2, 0) is 9.59 Å². The molecule has 0 aromatic carbocycles. The van der Waals surface area contributed by atoms with Crippen LogP contribution < -0.4 is 4.90 Å². The molecule has 2 aliphatic rings. The predicted octanol–water partition coefficient (Wildman–Crippen LogP) is 3.11. The number of rotatable bonds is 3. The number of amides is 2. The van der Waals surface area contributed by atoms with Crippen molar-refractivity contribution >= 4 is 17.8 Å². The first-order chi connectivity index (χ1) is 10.9. The SMILES string of the molecule is CC1=CCC(CC2CC(=O)N(c3nc(C)cc(C)n3)C2=O)CC1. The molecule has 0 saturated carbocycles. The summed E-state index contributed by atoms with van der Waals surface area (Å²) in [7, 11) is 0. The molecule has 3 rings (SSSR count). The van der Waals surface area contributed by atoms with Gasteiger partial charge in [0.2, 0.25) is 17.8 Å². The van der Waals surface area contributed by atoms with Gasteiger partial charge in [-0.15, -0.1) is 0 Å². The summed E-state index contributed by atoms with van der Waals surface area (Å²) in [6.45, 7) is 5.84. The van der Waals surface area contributed by atoms with Crippen LogP contribution in [0, 0.1) is 25.7 Å². The van der Waals surface area contributed by atoms with Crippen LogP contribution in [0.15, 0.2) is 17.7 Å². The van der Waals surface area contributed by atoms with Crippen molar-refractivity contribution in [2.45, 2.75) is 52.9 Å². The minimum atomic E-state index is -0.219. The molecule has 1 saturated heterocycles. The van der Waals surface area contributed by atoms with E-state index in [0.717, 1.165) is 37.1 Å². The molecule has 23 heavy (non-hydrogen) atoms. The highest BCUT2D eigenvalue weighted by Crippen LogP contribution is 2.34. The maximum absolute atomic E-state index is 12.7. The molecule has 5 heteroatoms. The first-order valence-electron chi connectivity index (χ1n) is 8.28. The molecule has 0 bridgehead atoms. The topological polar surface area (TPSA) is 63.2 Å². The second-order valence-corrected chi connectivity index (χ2v) is 6.85. The van der Waals surface area contributed by atoms with Crippen molar-refractivity contribution in [1.82, 2.24) is 9.97 Å². The van der Waals surface area contributed by atoms with Crippen molar-refractivity contribution < 1.29 is 9.59 Å². The number of nitrogens with zero attached hydrogens (tertiary/aromatic N) is 3. The minimum Gasteiger partial charge on any atom is -0.274 e. The van der Waals surface area contributed by atoms with E-state index in [9.17, 15) is 9.59 Å². The van der Waals surface area contributed by atoms with Gasteiger partial charge < -0.3 is 0 Å². The van der Waals surface area contributed by atoms with Crippen LogP contribution in [0.2, 0.25) is 0 Å². The molecule has 1 fully saturated rings. The Hall–Kier alpha value is -2.04. The van der Waals surface area contributed by atoms with Crippen molar-refractivity contribution in [3.8, 4) is 0 Å². The first kappa shape index (κ1) is 15.8. The molecule has 2 amide bonds. The van der Waals surface area contributed by atoms with Crippen LogP contribution in [0.1, 0.15) is 50.4 Å². The van der Waals surface area contributed by atoms with E-state index < -0.39 is 0 Å². The van der Waals surface area contributed by atoms with Crippen LogP contribution >= 0.6 is 0 Å². The Morgan fingerprint density at radius 1 is 1.17 bits per heavy atom. The van der Waals surface area contributed by atoms with Gasteiger partial charge in [0.1, 0.15) is 0 Å². The molecule has 1 aliphatic carbocycles. The summed E-state index contributed by atoms with van der Waals surface area (Å²) in [4.78, 5) is 34.7. The lowest BCUT2D eigenvalue weighted by molar-refractivity contribution is -0.122. The van der Waals surface area contributed by atoms with E-state index in [1.54, 1.807) is 0 Å². The lowest BCUT2D eigenvalue weighted by Crippen LogP contribution is -2.32. The van der Waals surface area contributed by atoms with Gasteiger partial charge >= 0.3 is 0 Å². The first-order valence-corrected chi connectivity index (χ1v) is 8.28. The smallest absolute Gasteiger partial charge is 0.239 e. The van der Waals surface area contributed by atoms with E-state index in [1.807, 2.05) is 19.9 Å². The van der Waals surface area contributed by atoms with Crippen LogP contribution in [0.3, 0.4) is 0 Å². The van der Waals surface area contributed by atoms with Gasteiger partial charge in [-0.05, 0) is 58.4 Å². The summed E-state index contributed by atoms with van der Waals surface area (Å²) >= 11 is 0. The van der Waals surface area contributed by atoms with E-state index in [1.165, 1.54) is 10.5 Å². The number of carbonyl (C=O) groups excluding carboxylic acids is 2. The summed E-state index contributed by atoms with van der Waals surface area (Å²) in [6.07, 6.45) is 6.57. The van der Waals surface area contributed by atoms with Gasteiger partial charge in [-0.3, -0.25) is 9.59 Å². The zero-order chi connectivity index (χ0) is 16.6. The second kappa shape index (κ2) is 6.22. The van der Waals surface area contributed by atoms with E-state index in [-0.39, 0.29) is 30.1 Å². The van der Waals surface area contributed by atoms with Gasteiger partial charge in [0.15, 0.2) is 0 Å². The Labute approximate surface area is 136 Å². The maximum atomic E-state index is 12.7. The molecule has 1 aromatic rings.